The zero-order valence-electron chi connectivity index (χ0n) is 11.5. The van der Waals surface area contributed by atoms with E-state index in [0.29, 0.717) is 0 Å². The molecule has 0 unspecified atom stereocenters. The molecule has 106 valence electrons. The number of fused-ring (bicyclic) bond motifs is 2. The summed E-state index contributed by atoms with van der Waals surface area (Å²) < 4.78 is 4.21. The SMILES string of the molecule is C1=C(C2=CN=NNc3ccccc32)N=NSc2ccccc21. The van der Waals surface area contributed by atoms with Gasteiger partial charge in [-0.1, -0.05) is 41.6 Å². The van der Waals surface area contributed by atoms with Crippen molar-refractivity contribution < 1.29 is 0 Å². The van der Waals surface area contributed by atoms with E-state index >= 15 is 0 Å². The van der Waals surface area contributed by atoms with Crippen LogP contribution in [-0.4, -0.2) is 0 Å². The highest BCUT2D eigenvalue weighted by atomic mass is 32.2. The molecule has 1 N–H and O–H groups in total. The Balaban J connectivity index is 1.87. The lowest BCUT2D eigenvalue weighted by Gasteiger charge is -2.09. The number of allylic oxidation sites excluding steroid dienone is 1. The molecule has 6 heteroatoms. The third-order valence-electron chi connectivity index (χ3n) is 3.41. The highest BCUT2D eigenvalue weighted by Gasteiger charge is 2.16. The monoisotopic (exact) mass is 305 g/mol. The molecule has 0 atom stereocenters. The van der Waals surface area contributed by atoms with E-state index in [0.717, 1.165) is 33.0 Å². The normalized spacial score (nSPS) is 15.6. The van der Waals surface area contributed by atoms with Crippen LogP contribution in [0.25, 0.3) is 11.6 Å². The van der Waals surface area contributed by atoms with Crippen LogP contribution in [0.2, 0.25) is 0 Å². The molecule has 0 aliphatic carbocycles. The second-order valence-corrected chi connectivity index (χ2v) is 5.54. The molecular weight excluding hydrogens is 294 g/mol. The lowest BCUT2D eigenvalue weighted by atomic mass is 10.0. The van der Waals surface area contributed by atoms with Crippen LogP contribution >= 0.6 is 11.9 Å². The second kappa shape index (κ2) is 5.57. The third kappa shape index (κ3) is 2.33. The van der Waals surface area contributed by atoms with Crippen molar-refractivity contribution in [3.8, 4) is 0 Å². The molecule has 0 saturated heterocycles. The van der Waals surface area contributed by atoms with Crippen molar-refractivity contribution in [2.24, 2.45) is 20.0 Å². The van der Waals surface area contributed by atoms with Gasteiger partial charge >= 0.3 is 0 Å². The smallest absolute Gasteiger partial charge is 0.0965 e. The molecule has 22 heavy (non-hydrogen) atoms. The van der Waals surface area contributed by atoms with Gasteiger partial charge < -0.3 is 0 Å². The van der Waals surface area contributed by atoms with E-state index in [1.54, 1.807) is 6.20 Å². The van der Waals surface area contributed by atoms with E-state index in [4.69, 9.17) is 0 Å². The first kappa shape index (κ1) is 13.0. The van der Waals surface area contributed by atoms with Crippen molar-refractivity contribution in [1.82, 2.24) is 0 Å². The van der Waals surface area contributed by atoms with E-state index in [9.17, 15) is 0 Å². The summed E-state index contributed by atoms with van der Waals surface area (Å²) in [6.07, 6.45) is 3.74. The van der Waals surface area contributed by atoms with Crippen LogP contribution in [0, 0.1) is 0 Å². The van der Waals surface area contributed by atoms with Crippen molar-refractivity contribution in [3.05, 3.63) is 71.6 Å². The summed E-state index contributed by atoms with van der Waals surface area (Å²) in [4.78, 5) is 1.09. The predicted octanol–water partition coefficient (Wildman–Crippen LogP) is 5.33. The van der Waals surface area contributed by atoms with E-state index in [-0.39, 0.29) is 0 Å². The Morgan fingerprint density at radius 2 is 1.82 bits per heavy atom. The number of hydrogen-bond acceptors (Lipinski definition) is 6. The minimum Gasteiger partial charge on any atom is -0.259 e. The minimum atomic E-state index is 0.771. The van der Waals surface area contributed by atoms with E-state index < -0.39 is 0 Å². The highest BCUT2D eigenvalue weighted by molar-refractivity contribution is 7.98. The van der Waals surface area contributed by atoms with Crippen molar-refractivity contribution in [3.63, 3.8) is 0 Å². The molecule has 0 fully saturated rings. The largest absolute Gasteiger partial charge is 0.259 e. The third-order valence-corrected chi connectivity index (χ3v) is 4.14. The van der Waals surface area contributed by atoms with Gasteiger partial charge in [0.05, 0.1) is 17.6 Å². The Labute approximate surface area is 131 Å². The highest BCUT2D eigenvalue weighted by Crippen LogP contribution is 2.37. The van der Waals surface area contributed by atoms with Crippen LogP contribution < -0.4 is 5.43 Å². The van der Waals surface area contributed by atoms with Gasteiger partial charge in [-0.15, -0.1) is 14.7 Å². The number of nitrogens with zero attached hydrogens (tertiary/aromatic N) is 4. The molecule has 2 heterocycles. The number of nitrogens with one attached hydrogen (secondary N) is 1. The van der Waals surface area contributed by atoms with Gasteiger partial charge in [0.25, 0.3) is 0 Å². The Morgan fingerprint density at radius 3 is 2.82 bits per heavy atom. The molecule has 0 saturated carbocycles. The van der Waals surface area contributed by atoms with E-state index in [1.807, 2.05) is 48.5 Å². The fourth-order valence-electron chi connectivity index (χ4n) is 2.36. The fourth-order valence-corrected chi connectivity index (χ4v) is 2.95. The standard InChI is InChI=1S/C16H11N5S/c1-4-8-16-11(5-1)9-15(19-21-22-16)13-10-17-20-18-14-7-3-2-6-12(13)14/h1-10H,(H,17,18). The number of para-hydroxylation sites is 1. The Hall–Kier alpha value is -2.73. The molecule has 0 radical (unpaired) electrons. The zero-order valence-corrected chi connectivity index (χ0v) is 12.3. The van der Waals surface area contributed by atoms with Crippen LogP contribution in [0.4, 0.5) is 5.69 Å². The number of hydrogen-bond donors (Lipinski definition) is 1. The summed E-state index contributed by atoms with van der Waals surface area (Å²) >= 11 is 1.37. The average molecular weight is 305 g/mol. The van der Waals surface area contributed by atoms with Crippen molar-refractivity contribution in [2.75, 3.05) is 5.43 Å². The molecule has 0 amide bonds. The molecule has 2 aliphatic rings. The molecule has 2 aromatic rings. The molecule has 0 bridgehead atoms. The van der Waals surface area contributed by atoms with Gasteiger partial charge in [-0.05, 0) is 23.8 Å². The first-order valence-corrected chi connectivity index (χ1v) is 7.54. The van der Waals surface area contributed by atoms with E-state index in [2.05, 4.69) is 31.5 Å². The zero-order chi connectivity index (χ0) is 14.8. The Bertz CT molecular complexity index is 851. The molecule has 2 aromatic carbocycles. The topological polar surface area (TPSA) is 61.5 Å². The second-order valence-electron chi connectivity index (χ2n) is 4.76. The summed E-state index contributed by atoms with van der Waals surface area (Å²) in [5, 5.41) is 12.3. The first-order valence-electron chi connectivity index (χ1n) is 6.76. The molecule has 2 aliphatic heterocycles. The van der Waals surface area contributed by atoms with Gasteiger partial charge in [0.15, 0.2) is 0 Å². The Kier molecular flexibility index (Phi) is 3.29. The minimum absolute atomic E-state index is 0.771. The summed E-state index contributed by atoms with van der Waals surface area (Å²) in [7, 11) is 0. The van der Waals surface area contributed by atoms with Crippen LogP contribution in [0.15, 0.2) is 85.3 Å². The molecule has 4 rings (SSSR count). The van der Waals surface area contributed by atoms with Crippen LogP contribution in [0.3, 0.4) is 0 Å². The van der Waals surface area contributed by atoms with Crippen molar-refractivity contribution >= 4 is 29.3 Å². The first-order chi connectivity index (χ1) is 10.9. The van der Waals surface area contributed by atoms with Crippen molar-refractivity contribution in [2.45, 2.75) is 4.90 Å². The van der Waals surface area contributed by atoms with Gasteiger partial charge in [-0.25, -0.2) is 0 Å². The summed E-state index contributed by atoms with van der Waals surface area (Å²) in [5.41, 5.74) is 7.59. The molecular formula is C16H11N5S. The summed E-state index contributed by atoms with van der Waals surface area (Å²) in [5.74, 6) is 0. The van der Waals surface area contributed by atoms with E-state index in [1.165, 1.54) is 11.9 Å². The van der Waals surface area contributed by atoms with Gasteiger partial charge in [0.2, 0.25) is 0 Å². The van der Waals surface area contributed by atoms with Crippen molar-refractivity contribution in [1.29, 1.82) is 0 Å². The maximum absolute atomic E-state index is 4.35. The Morgan fingerprint density at radius 1 is 0.955 bits per heavy atom. The average Bonchev–Trinajstić information content (AvgIpc) is 2.90. The molecule has 0 spiro atoms. The number of rotatable bonds is 1. The fraction of sp³-hybridized carbons (Fsp3) is 0. The number of benzene rings is 2. The summed E-state index contributed by atoms with van der Waals surface area (Å²) in [6.45, 7) is 0. The van der Waals surface area contributed by atoms with Crippen LogP contribution in [0.5, 0.6) is 0 Å². The van der Waals surface area contributed by atoms with Gasteiger partial charge in [0, 0.05) is 28.0 Å². The molecule has 0 aromatic heterocycles. The van der Waals surface area contributed by atoms with Gasteiger partial charge in [0.1, 0.15) is 0 Å². The predicted molar refractivity (Wildman–Crippen MR) is 88.0 cm³/mol. The maximum Gasteiger partial charge on any atom is 0.0965 e. The van der Waals surface area contributed by atoms with Crippen LogP contribution in [0.1, 0.15) is 11.1 Å². The number of anilines is 1. The lowest BCUT2D eigenvalue weighted by molar-refractivity contribution is 1.14. The van der Waals surface area contributed by atoms with Gasteiger partial charge in [-0.2, -0.15) is 0 Å². The van der Waals surface area contributed by atoms with Gasteiger partial charge in [-0.3, -0.25) is 5.43 Å². The summed E-state index contributed by atoms with van der Waals surface area (Å²) in [6, 6.07) is 16.0. The van der Waals surface area contributed by atoms with Crippen LogP contribution in [-0.2, 0) is 0 Å². The lowest BCUT2D eigenvalue weighted by Crippen LogP contribution is -1.93. The maximum atomic E-state index is 4.35. The molecule has 5 nitrogen and oxygen atoms in total. The quantitative estimate of drug-likeness (QED) is 0.723.